The number of hydrogen-bond acceptors (Lipinski definition) is 3. The molecule has 0 bridgehead atoms. The number of carbonyl (C=O) groups excluding carboxylic acids is 1. The van der Waals surface area contributed by atoms with Crippen LogP contribution >= 0.6 is 0 Å². The van der Waals surface area contributed by atoms with Crippen molar-refractivity contribution in [1.29, 1.82) is 0 Å². The topological polar surface area (TPSA) is 55.6 Å². The smallest absolute Gasteiger partial charge is 0.409 e. The van der Waals surface area contributed by atoms with Crippen LogP contribution < -0.4 is 5.73 Å². The summed E-state index contributed by atoms with van der Waals surface area (Å²) in [5.41, 5.74) is 5.52. The van der Waals surface area contributed by atoms with Crippen LogP contribution in [0.15, 0.2) is 0 Å². The normalized spacial score (nSPS) is 21.6. The highest BCUT2D eigenvalue weighted by Crippen LogP contribution is 2.17. The van der Waals surface area contributed by atoms with Crippen molar-refractivity contribution in [3.05, 3.63) is 0 Å². The summed E-state index contributed by atoms with van der Waals surface area (Å²) in [4.78, 5) is 13.5. The molecule has 0 aliphatic carbocycles. The van der Waals surface area contributed by atoms with Crippen LogP contribution in [0.25, 0.3) is 0 Å². The third-order valence-electron chi connectivity index (χ3n) is 3.37. The molecule has 94 valence electrons. The van der Waals surface area contributed by atoms with Crippen LogP contribution in [0.5, 0.6) is 0 Å². The van der Waals surface area contributed by atoms with E-state index in [-0.39, 0.29) is 6.09 Å². The van der Waals surface area contributed by atoms with Gasteiger partial charge in [0.15, 0.2) is 0 Å². The molecule has 0 radical (unpaired) electrons. The van der Waals surface area contributed by atoms with Gasteiger partial charge in [-0.1, -0.05) is 13.8 Å². The Labute approximate surface area is 98.1 Å². The van der Waals surface area contributed by atoms with Crippen LogP contribution in [-0.4, -0.2) is 36.2 Å². The van der Waals surface area contributed by atoms with Gasteiger partial charge in [-0.2, -0.15) is 0 Å². The summed E-state index contributed by atoms with van der Waals surface area (Å²) in [5, 5.41) is 0. The minimum atomic E-state index is -0.404. The number of ether oxygens (including phenoxy) is 1. The van der Waals surface area contributed by atoms with E-state index in [4.69, 9.17) is 10.5 Å². The Kier molecular flexibility index (Phi) is 4.59. The van der Waals surface area contributed by atoms with Gasteiger partial charge in [-0.15, -0.1) is 0 Å². The molecule has 16 heavy (non-hydrogen) atoms. The molecule has 0 aromatic heterocycles. The predicted molar refractivity (Wildman–Crippen MR) is 64.2 cm³/mol. The Morgan fingerprint density at radius 2 is 2.06 bits per heavy atom. The van der Waals surface area contributed by atoms with Crippen LogP contribution in [0.1, 0.15) is 40.0 Å². The van der Waals surface area contributed by atoms with Crippen molar-refractivity contribution >= 4 is 6.09 Å². The van der Waals surface area contributed by atoms with E-state index in [0.717, 1.165) is 38.3 Å². The van der Waals surface area contributed by atoms with E-state index in [2.05, 4.69) is 6.92 Å². The van der Waals surface area contributed by atoms with Crippen LogP contribution in [0.2, 0.25) is 0 Å². The molecule has 0 aromatic rings. The minimum absolute atomic E-state index is 0.211. The molecule has 1 aliphatic rings. The molecular weight excluding hydrogens is 204 g/mol. The van der Waals surface area contributed by atoms with Crippen LogP contribution in [0.4, 0.5) is 4.79 Å². The Hall–Kier alpha value is -0.770. The van der Waals surface area contributed by atoms with Crippen molar-refractivity contribution in [2.24, 2.45) is 11.7 Å². The van der Waals surface area contributed by atoms with Gasteiger partial charge in [-0.05, 0) is 32.1 Å². The molecule has 0 saturated carbocycles. The maximum atomic E-state index is 11.7. The van der Waals surface area contributed by atoms with E-state index in [1.807, 2.05) is 13.8 Å². The van der Waals surface area contributed by atoms with E-state index < -0.39 is 5.54 Å². The summed E-state index contributed by atoms with van der Waals surface area (Å²) in [6.07, 6.45) is 2.74. The molecular formula is C12H24N2O2. The lowest BCUT2D eigenvalue weighted by atomic mass is 10.00. The van der Waals surface area contributed by atoms with Crippen molar-refractivity contribution in [1.82, 2.24) is 4.90 Å². The summed E-state index contributed by atoms with van der Waals surface area (Å²) in [6, 6.07) is 0. The summed E-state index contributed by atoms with van der Waals surface area (Å²) >= 11 is 0. The maximum absolute atomic E-state index is 11.7. The van der Waals surface area contributed by atoms with Gasteiger partial charge in [0.05, 0.1) is 0 Å². The number of nitrogens with two attached hydrogens (primary N) is 1. The van der Waals surface area contributed by atoms with Gasteiger partial charge in [0.2, 0.25) is 0 Å². The van der Waals surface area contributed by atoms with Crippen molar-refractivity contribution in [2.75, 3.05) is 19.7 Å². The number of hydrogen-bond donors (Lipinski definition) is 1. The van der Waals surface area contributed by atoms with Crippen molar-refractivity contribution < 1.29 is 9.53 Å². The molecule has 4 heteroatoms. The van der Waals surface area contributed by atoms with Crippen LogP contribution in [0, 0.1) is 5.92 Å². The average Bonchev–Trinajstić information content (AvgIpc) is 2.27. The van der Waals surface area contributed by atoms with Gasteiger partial charge in [0.1, 0.15) is 6.61 Å². The lowest BCUT2D eigenvalue weighted by Crippen LogP contribution is -2.44. The number of piperidine rings is 1. The van der Waals surface area contributed by atoms with E-state index in [0.29, 0.717) is 6.61 Å². The molecule has 1 unspecified atom stereocenters. The molecule has 1 rings (SSSR count). The van der Waals surface area contributed by atoms with Gasteiger partial charge in [0.25, 0.3) is 0 Å². The third kappa shape index (κ3) is 4.00. The summed E-state index contributed by atoms with van der Waals surface area (Å²) in [7, 11) is 0. The van der Waals surface area contributed by atoms with E-state index in [9.17, 15) is 4.79 Å². The zero-order chi connectivity index (χ0) is 12.2. The monoisotopic (exact) mass is 228 g/mol. The molecule has 0 aromatic carbocycles. The van der Waals surface area contributed by atoms with E-state index in [1.54, 1.807) is 4.90 Å². The Balaban J connectivity index is 2.30. The van der Waals surface area contributed by atoms with Crippen LogP contribution in [0.3, 0.4) is 0 Å². The first-order chi connectivity index (χ1) is 7.44. The zero-order valence-electron chi connectivity index (χ0n) is 10.7. The van der Waals surface area contributed by atoms with Crippen molar-refractivity contribution in [3.63, 3.8) is 0 Å². The van der Waals surface area contributed by atoms with Crippen molar-refractivity contribution in [2.45, 2.75) is 45.6 Å². The maximum Gasteiger partial charge on any atom is 0.409 e. The molecule has 1 heterocycles. The standard InChI is InChI=1S/C12H24N2O2/c1-4-12(3,13)9-16-11(15)14-7-5-10(2)6-8-14/h10H,4-9,13H2,1-3H3. The summed E-state index contributed by atoms with van der Waals surface area (Å²) in [5.74, 6) is 0.722. The zero-order valence-corrected chi connectivity index (χ0v) is 10.7. The molecule has 2 N–H and O–H groups in total. The van der Waals surface area contributed by atoms with Gasteiger partial charge >= 0.3 is 6.09 Å². The molecule has 1 atom stereocenters. The fraction of sp³-hybridized carbons (Fsp3) is 0.917. The molecule has 1 amide bonds. The fourth-order valence-electron chi connectivity index (χ4n) is 1.61. The van der Waals surface area contributed by atoms with Gasteiger partial charge in [-0.3, -0.25) is 0 Å². The number of amides is 1. The van der Waals surface area contributed by atoms with E-state index >= 15 is 0 Å². The fourth-order valence-corrected chi connectivity index (χ4v) is 1.61. The molecule has 1 aliphatic heterocycles. The highest BCUT2D eigenvalue weighted by atomic mass is 16.6. The average molecular weight is 228 g/mol. The second-order valence-electron chi connectivity index (χ2n) is 5.23. The Bertz CT molecular complexity index is 233. The first-order valence-electron chi connectivity index (χ1n) is 6.15. The Morgan fingerprint density at radius 1 is 1.50 bits per heavy atom. The lowest BCUT2D eigenvalue weighted by Gasteiger charge is -2.31. The molecule has 0 spiro atoms. The molecule has 1 saturated heterocycles. The second-order valence-corrected chi connectivity index (χ2v) is 5.23. The quantitative estimate of drug-likeness (QED) is 0.803. The molecule has 1 fully saturated rings. The summed E-state index contributed by atoms with van der Waals surface area (Å²) < 4.78 is 5.23. The summed E-state index contributed by atoms with van der Waals surface area (Å²) in [6.45, 7) is 8.04. The Morgan fingerprint density at radius 3 is 2.56 bits per heavy atom. The first kappa shape index (κ1) is 13.3. The largest absolute Gasteiger partial charge is 0.447 e. The van der Waals surface area contributed by atoms with Crippen LogP contribution in [-0.2, 0) is 4.74 Å². The van der Waals surface area contributed by atoms with Gasteiger partial charge in [0, 0.05) is 18.6 Å². The third-order valence-corrected chi connectivity index (χ3v) is 3.37. The number of carbonyl (C=O) groups is 1. The van der Waals surface area contributed by atoms with Gasteiger partial charge < -0.3 is 15.4 Å². The van der Waals surface area contributed by atoms with E-state index in [1.165, 1.54) is 0 Å². The lowest BCUT2D eigenvalue weighted by molar-refractivity contribution is 0.0720. The molecule has 4 nitrogen and oxygen atoms in total. The highest BCUT2D eigenvalue weighted by Gasteiger charge is 2.24. The van der Waals surface area contributed by atoms with Gasteiger partial charge in [-0.25, -0.2) is 4.79 Å². The number of rotatable bonds is 3. The predicted octanol–water partition coefficient (Wildman–Crippen LogP) is 1.98. The highest BCUT2D eigenvalue weighted by molar-refractivity contribution is 5.67. The first-order valence-corrected chi connectivity index (χ1v) is 6.15. The SMILES string of the molecule is CCC(C)(N)COC(=O)N1CCC(C)CC1. The van der Waals surface area contributed by atoms with Crippen molar-refractivity contribution in [3.8, 4) is 0 Å². The number of likely N-dealkylation sites (tertiary alicyclic amines) is 1. The number of nitrogens with zero attached hydrogens (tertiary/aromatic N) is 1. The minimum Gasteiger partial charge on any atom is -0.447 e. The second kappa shape index (κ2) is 5.53.